The fourth-order valence-corrected chi connectivity index (χ4v) is 5.71. The summed E-state index contributed by atoms with van der Waals surface area (Å²) in [5, 5.41) is 22.7. The molecule has 2 unspecified atom stereocenters. The molecule has 1 fully saturated rings. The molecule has 3 heterocycles. The second kappa shape index (κ2) is 9.95. The summed E-state index contributed by atoms with van der Waals surface area (Å²) in [6.07, 6.45) is 0.579. The third-order valence-electron chi connectivity index (χ3n) is 6.49. The molecule has 0 radical (unpaired) electrons. The number of aliphatic hydroxyl groups is 1. The molecule has 0 spiro atoms. The van der Waals surface area contributed by atoms with E-state index in [2.05, 4.69) is 4.98 Å². The van der Waals surface area contributed by atoms with Gasteiger partial charge in [-0.1, -0.05) is 11.3 Å². The van der Waals surface area contributed by atoms with Crippen molar-refractivity contribution in [2.24, 2.45) is 0 Å². The van der Waals surface area contributed by atoms with Crippen LogP contribution < -0.4 is 9.64 Å². The molecule has 0 bridgehead atoms. The van der Waals surface area contributed by atoms with Crippen LogP contribution in [0.2, 0.25) is 0 Å². The number of nitro groups is 1. The molecule has 1 N–H and O–H groups in total. The molecule has 12 heteroatoms. The number of nitro benzene ring substituents is 1. The van der Waals surface area contributed by atoms with Crippen LogP contribution in [0.5, 0.6) is 5.75 Å². The number of amides is 1. The van der Waals surface area contributed by atoms with Gasteiger partial charge in [0.05, 0.1) is 28.8 Å². The highest BCUT2D eigenvalue weighted by molar-refractivity contribution is 7.17. The van der Waals surface area contributed by atoms with Crippen LogP contribution in [0, 0.1) is 17.0 Å². The first kappa shape index (κ1) is 26.0. The summed E-state index contributed by atoms with van der Waals surface area (Å²) in [6.45, 7) is 5.30. The average Bonchev–Trinajstić information content (AvgIpc) is 3.55. The Morgan fingerprint density at radius 1 is 1.26 bits per heavy atom. The number of aryl methyl sites for hydroxylation is 1. The Hall–Kier alpha value is -4.58. The summed E-state index contributed by atoms with van der Waals surface area (Å²) in [5.74, 6) is -2.25. The molecule has 2 atom stereocenters. The number of carbonyl (C=O) groups excluding carboxylic acids is 3. The summed E-state index contributed by atoms with van der Waals surface area (Å²) < 4.78 is 10.8. The van der Waals surface area contributed by atoms with Crippen LogP contribution in [-0.4, -0.2) is 45.4 Å². The van der Waals surface area contributed by atoms with E-state index in [1.54, 1.807) is 32.0 Å². The molecule has 2 aliphatic rings. The van der Waals surface area contributed by atoms with Gasteiger partial charge in [0.15, 0.2) is 5.13 Å². The second-order valence-electron chi connectivity index (χ2n) is 9.10. The molecule has 5 rings (SSSR count). The lowest BCUT2D eigenvalue weighted by atomic mass is 9.94. The molecule has 0 saturated carbocycles. The standard InChI is InChI=1S/C27H23N3O8S/c1-4-37-26(34)24-14(3)28-27(39-24)29-21(15-5-8-18(9-6-15)30(35)36)20(23(32)25(29)33)22(31)16-7-10-19-17(12-16)11-13(2)38-19/h5-10,12-13,21,31H,4,11H2,1-3H3/b22-20+. The van der Waals surface area contributed by atoms with Crippen molar-refractivity contribution in [3.63, 3.8) is 0 Å². The van der Waals surface area contributed by atoms with E-state index in [0.29, 0.717) is 29.0 Å². The number of Topliss-reactive ketones (excluding diaryl/α,β-unsaturated/α-hetero) is 1. The fourth-order valence-electron chi connectivity index (χ4n) is 4.72. The van der Waals surface area contributed by atoms with Gasteiger partial charge in [0.1, 0.15) is 22.5 Å². The number of carbonyl (C=O) groups is 3. The molecule has 11 nitrogen and oxygen atoms in total. The number of esters is 1. The third kappa shape index (κ3) is 4.52. The van der Waals surface area contributed by atoms with Crippen LogP contribution in [0.15, 0.2) is 48.0 Å². The maximum Gasteiger partial charge on any atom is 0.350 e. The van der Waals surface area contributed by atoms with Crippen molar-refractivity contribution in [3.8, 4) is 5.75 Å². The summed E-state index contributed by atoms with van der Waals surface area (Å²) in [5.41, 5.74) is 1.43. The fraction of sp³-hybridized carbons (Fsp3) is 0.259. The van der Waals surface area contributed by atoms with Crippen LogP contribution in [0.1, 0.15) is 51.9 Å². The van der Waals surface area contributed by atoms with Gasteiger partial charge < -0.3 is 14.6 Å². The number of anilines is 1. The van der Waals surface area contributed by atoms with Gasteiger partial charge in [-0.3, -0.25) is 24.6 Å². The molecular formula is C27H23N3O8S. The molecule has 2 aromatic carbocycles. The minimum Gasteiger partial charge on any atom is -0.507 e. The highest BCUT2D eigenvalue weighted by Gasteiger charge is 2.48. The Balaban J connectivity index is 1.67. The maximum absolute atomic E-state index is 13.4. The zero-order valence-corrected chi connectivity index (χ0v) is 22.0. The van der Waals surface area contributed by atoms with Crippen LogP contribution in [-0.2, 0) is 20.7 Å². The number of fused-ring (bicyclic) bond motifs is 1. The van der Waals surface area contributed by atoms with Crippen molar-refractivity contribution in [3.05, 3.63) is 85.4 Å². The zero-order valence-electron chi connectivity index (χ0n) is 21.2. The highest BCUT2D eigenvalue weighted by Crippen LogP contribution is 2.44. The normalized spacial score (nSPS) is 19.6. The third-order valence-corrected chi connectivity index (χ3v) is 7.62. The highest BCUT2D eigenvalue weighted by atomic mass is 32.1. The smallest absolute Gasteiger partial charge is 0.350 e. The van der Waals surface area contributed by atoms with Gasteiger partial charge in [-0.05, 0) is 62.2 Å². The zero-order chi connectivity index (χ0) is 28.0. The lowest BCUT2D eigenvalue weighted by Crippen LogP contribution is -2.29. The number of non-ortho nitro benzene ring substituents is 1. The molecule has 39 heavy (non-hydrogen) atoms. The summed E-state index contributed by atoms with van der Waals surface area (Å²) >= 11 is 0.881. The number of hydrogen-bond donors (Lipinski definition) is 1. The Kier molecular flexibility index (Phi) is 6.64. The number of aliphatic hydroxyl groups excluding tert-OH is 1. The minimum absolute atomic E-state index is 0.0372. The van der Waals surface area contributed by atoms with Crippen molar-refractivity contribution >= 4 is 45.6 Å². The van der Waals surface area contributed by atoms with Crippen LogP contribution in [0.3, 0.4) is 0 Å². The van der Waals surface area contributed by atoms with E-state index in [4.69, 9.17) is 9.47 Å². The van der Waals surface area contributed by atoms with Gasteiger partial charge in [0.25, 0.3) is 11.5 Å². The molecule has 0 aliphatic carbocycles. The number of thiazole rings is 1. The van der Waals surface area contributed by atoms with Crippen LogP contribution >= 0.6 is 11.3 Å². The van der Waals surface area contributed by atoms with Gasteiger partial charge in [0, 0.05) is 24.1 Å². The summed E-state index contributed by atoms with van der Waals surface area (Å²) in [6, 6.07) is 9.18. The number of hydrogen-bond acceptors (Lipinski definition) is 10. The van der Waals surface area contributed by atoms with Crippen molar-refractivity contribution in [2.45, 2.75) is 39.3 Å². The minimum atomic E-state index is -1.16. The van der Waals surface area contributed by atoms with Gasteiger partial charge in [-0.25, -0.2) is 9.78 Å². The van der Waals surface area contributed by atoms with Crippen LogP contribution in [0.4, 0.5) is 10.8 Å². The molecule has 1 saturated heterocycles. The molecule has 3 aromatic rings. The summed E-state index contributed by atoms with van der Waals surface area (Å²) in [4.78, 5) is 55.6. The first-order valence-corrected chi connectivity index (χ1v) is 12.9. The van der Waals surface area contributed by atoms with E-state index in [1.165, 1.54) is 24.3 Å². The Bertz CT molecular complexity index is 1560. The summed E-state index contributed by atoms with van der Waals surface area (Å²) in [7, 11) is 0. The number of nitrogens with zero attached hydrogens (tertiary/aromatic N) is 3. The van der Waals surface area contributed by atoms with Gasteiger partial charge in [0.2, 0.25) is 0 Å². The number of aromatic nitrogens is 1. The Labute approximate surface area is 226 Å². The number of ketones is 1. The molecule has 200 valence electrons. The molecular weight excluding hydrogens is 526 g/mol. The van der Waals surface area contributed by atoms with E-state index >= 15 is 0 Å². The maximum atomic E-state index is 13.4. The van der Waals surface area contributed by atoms with Crippen molar-refractivity contribution < 1.29 is 33.9 Å². The van der Waals surface area contributed by atoms with Crippen molar-refractivity contribution in [1.29, 1.82) is 0 Å². The predicted molar refractivity (Wildman–Crippen MR) is 141 cm³/mol. The first-order chi connectivity index (χ1) is 18.6. The predicted octanol–water partition coefficient (Wildman–Crippen LogP) is 4.49. The van der Waals surface area contributed by atoms with Crippen LogP contribution in [0.25, 0.3) is 5.76 Å². The van der Waals surface area contributed by atoms with E-state index in [-0.39, 0.29) is 34.0 Å². The van der Waals surface area contributed by atoms with Gasteiger partial charge in [-0.2, -0.15) is 0 Å². The number of ether oxygens (including phenoxy) is 2. The SMILES string of the molecule is CCOC(=O)c1sc(N2C(=O)C(=O)/C(=C(/O)c3ccc4c(c3)CC(C)O4)C2c2ccc([N+](=O)[O-])cc2)nc1C. The largest absolute Gasteiger partial charge is 0.507 e. The average molecular weight is 550 g/mol. The van der Waals surface area contributed by atoms with Crippen molar-refractivity contribution in [2.75, 3.05) is 11.5 Å². The lowest BCUT2D eigenvalue weighted by molar-refractivity contribution is -0.384. The topological polar surface area (TPSA) is 149 Å². The second-order valence-corrected chi connectivity index (χ2v) is 10.1. The van der Waals surface area contributed by atoms with Gasteiger partial charge >= 0.3 is 11.9 Å². The quantitative estimate of drug-likeness (QED) is 0.117. The Morgan fingerprint density at radius 3 is 2.64 bits per heavy atom. The molecule has 1 aromatic heterocycles. The van der Waals surface area contributed by atoms with Crippen molar-refractivity contribution in [1.82, 2.24) is 4.98 Å². The lowest BCUT2D eigenvalue weighted by Gasteiger charge is -2.23. The van der Waals surface area contributed by atoms with Gasteiger partial charge in [-0.15, -0.1) is 0 Å². The first-order valence-electron chi connectivity index (χ1n) is 12.1. The van der Waals surface area contributed by atoms with E-state index < -0.39 is 34.4 Å². The number of rotatable bonds is 6. The van der Waals surface area contributed by atoms with E-state index in [9.17, 15) is 29.6 Å². The Morgan fingerprint density at radius 2 is 1.97 bits per heavy atom. The van der Waals surface area contributed by atoms with E-state index in [1.807, 2.05) is 6.92 Å². The van der Waals surface area contributed by atoms with E-state index in [0.717, 1.165) is 21.8 Å². The molecule has 1 amide bonds. The number of benzene rings is 2. The monoisotopic (exact) mass is 549 g/mol. The molecule has 2 aliphatic heterocycles.